The van der Waals surface area contributed by atoms with E-state index in [-0.39, 0.29) is 0 Å². The van der Waals surface area contributed by atoms with Crippen LogP contribution in [0.15, 0.2) is 0 Å². The van der Waals surface area contributed by atoms with Crippen LogP contribution in [0.3, 0.4) is 0 Å². The second-order valence-corrected chi connectivity index (χ2v) is 5.27. The van der Waals surface area contributed by atoms with Crippen molar-refractivity contribution in [1.29, 1.82) is 0 Å². The molecule has 14 heavy (non-hydrogen) atoms. The minimum atomic E-state index is 0.583. The van der Waals surface area contributed by atoms with Gasteiger partial charge in [0.15, 0.2) is 0 Å². The monoisotopic (exact) mass is 198 g/mol. The summed E-state index contributed by atoms with van der Waals surface area (Å²) in [6.07, 6.45) is 5.37. The van der Waals surface area contributed by atoms with Gasteiger partial charge >= 0.3 is 0 Å². The molecule has 0 aromatic rings. The molecule has 1 rings (SSSR count). The summed E-state index contributed by atoms with van der Waals surface area (Å²) >= 11 is 0. The summed E-state index contributed by atoms with van der Waals surface area (Å²) in [7, 11) is 0. The van der Waals surface area contributed by atoms with E-state index in [0.29, 0.717) is 5.41 Å². The van der Waals surface area contributed by atoms with Crippen LogP contribution in [0, 0.1) is 5.41 Å². The predicted molar refractivity (Wildman–Crippen MR) is 62.6 cm³/mol. The van der Waals surface area contributed by atoms with Crippen molar-refractivity contribution in [3.63, 3.8) is 0 Å². The molecule has 0 bridgehead atoms. The average Bonchev–Trinajstić information content (AvgIpc) is 2.45. The quantitative estimate of drug-likeness (QED) is 0.639. The van der Waals surface area contributed by atoms with Crippen LogP contribution < -0.4 is 10.6 Å². The van der Waals surface area contributed by atoms with Gasteiger partial charge in [0.25, 0.3) is 0 Å². The van der Waals surface area contributed by atoms with Gasteiger partial charge in [-0.05, 0) is 50.7 Å². The van der Waals surface area contributed by atoms with Crippen molar-refractivity contribution in [2.45, 2.75) is 52.5 Å². The van der Waals surface area contributed by atoms with Gasteiger partial charge in [0.2, 0.25) is 0 Å². The van der Waals surface area contributed by atoms with E-state index in [9.17, 15) is 0 Å². The van der Waals surface area contributed by atoms with E-state index in [0.717, 1.165) is 19.1 Å². The van der Waals surface area contributed by atoms with Crippen molar-refractivity contribution in [2.24, 2.45) is 5.41 Å². The van der Waals surface area contributed by atoms with E-state index >= 15 is 0 Å². The maximum absolute atomic E-state index is 3.66. The summed E-state index contributed by atoms with van der Waals surface area (Å²) in [4.78, 5) is 0. The maximum Gasteiger partial charge on any atom is 0.00723 e. The largest absolute Gasteiger partial charge is 0.317 e. The lowest BCUT2D eigenvalue weighted by atomic mass is 9.92. The Labute approximate surface area is 88.8 Å². The molecule has 1 fully saturated rings. The molecule has 0 spiro atoms. The predicted octanol–water partition coefficient (Wildman–Crippen LogP) is 2.15. The molecule has 0 radical (unpaired) electrons. The average molecular weight is 198 g/mol. The normalized spacial score (nSPS) is 25.5. The number of nitrogens with one attached hydrogen (secondary N) is 2. The first-order valence-electron chi connectivity index (χ1n) is 6.08. The highest BCUT2D eigenvalue weighted by atomic mass is 14.9. The molecular formula is C12H26N2. The van der Waals surface area contributed by atoms with Crippen molar-refractivity contribution in [1.82, 2.24) is 10.6 Å². The summed E-state index contributed by atoms with van der Waals surface area (Å²) in [5.74, 6) is 0. The van der Waals surface area contributed by atoms with Crippen LogP contribution in [0.1, 0.15) is 46.5 Å². The van der Waals surface area contributed by atoms with Crippen LogP contribution >= 0.6 is 0 Å². The first kappa shape index (κ1) is 12.0. The van der Waals surface area contributed by atoms with Gasteiger partial charge in [-0.25, -0.2) is 0 Å². The van der Waals surface area contributed by atoms with Gasteiger partial charge < -0.3 is 10.6 Å². The fraction of sp³-hybridized carbons (Fsp3) is 1.00. The zero-order valence-electron chi connectivity index (χ0n) is 10.0. The first-order chi connectivity index (χ1) is 6.64. The number of hydrogen-bond acceptors (Lipinski definition) is 2. The van der Waals surface area contributed by atoms with Gasteiger partial charge in [-0.2, -0.15) is 0 Å². The van der Waals surface area contributed by atoms with E-state index in [4.69, 9.17) is 0 Å². The summed E-state index contributed by atoms with van der Waals surface area (Å²) in [5, 5.41) is 7.01. The maximum atomic E-state index is 3.66. The lowest BCUT2D eigenvalue weighted by Gasteiger charge is -2.17. The Hall–Kier alpha value is -0.0800. The molecule has 1 aliphatic carbocycles. The van der Waals surface area contributed by atoms with Gasteiger partial charge in [-0.3, -0.25) is 0 Å². The van der Waals surface area contributed by atoms with Crippen molar-refractivity contribution < 1.29 is 0 Å². The molecule has 1 atom stereocenters. The van der Waals surface area contributed by atoms with Crippen LogP contribution in [-0.4, -0.2) is 25.7 Å². The Kier molecular flexibility index (Phi) is 4.90. The smallest absolute Gasteiger partial charge is 0.00723 e. The van der Waals surface area contributed by atoms with Gasteiger partial charge in [0.05, 0.1) is 0 Å². The van der Waals surface area contributed by atoms with Crippen molar-refractivity contribution >= 4 is 0 Å². The fourth-order valence-corrected chi connectivity index (χ4v) is 2.31. The Morgan fingerprint density at radius 3 is 2.64 bits per heavy atom. The third-order valence-electron chi connectivity index (χ3n) is 3.18. The Balaban J connectivity index is 1.98. The van der Waals surface area contributed by atoms with Crippen molar-refractivity contribution in [3.8, 4) is 0 Å². The standard InChI is InChI=1S/C12H26N2/c1-4-13-8-5-9-14-11-6-7-12(2,3)10-11/h11,13-14H,4-10H2,1-3H3. The van der Waals surface area contributed by atoms with Gasteiger partial charge in [0.1, 0.15) is 0 Å². The molecule has 1 saturated carbocycles. The molecule has 2 heteroatoms. The molecule has 2 nitrogen and oxygen atoms in total. The molecule has 0 aliphatic heterocycles. The van der Waals surface area contributed by atoms with Gasteiger partial charge in [-0.1, -0.05) is 20.8 Å². The summed E-state index contributed by atoms with van der Waals surface area (Å²) in [6, 6.07) is 0.784. The van der Waals surface area contributed by atoms with Crippen molar-refractivity contribution in [3.05, 3.63) is 0 Å². The summed E-state index contributed by atoms with van der Waals surface area (Å²) in [6.45, 7) is 10.3. The van der Waals surface area contributed by atoms with Gasteiger partial charge in [-0.15, -0.1) is 0 Å². The third kappa shape index (κ3) is 4.43. The molecule has 1 unspecified atom stereocenters. The number of hydrogen-bond donors (Lipinski definition) is 2. The van der Waals surface area contributed by atoms with Crippen LogP contribution in [0.2, 0.25) is 0 Å². The molecule has 0 aromatic heterocycles. The Morgan fingerprint density at radius 2 is 2.07 bits per heavy atom. The Bertz CT molecular complexity index is 154. The van der Waals surface area contributed by atoms with E-state index < -0.39 is 0 Å². The van der Waals surface area contributed by atoms with Crippen LogP contribution in [0.25, 0.3) is 0 Å². The van der Waals surface area contributed by atoms with E-state index in [1.807, 2.05) is 0 Å². The van der Waals surface area contributed by atoms with E-state index in [1.54, 1.807) is 0 Å². The minimum Gasteiger partial charge on any atom is -0.317 e. The highest BCUT2D eigenvalue weighted by Crippen LogP contribution is 2.36. The zero-order chi connectivity index (χ0) is 10.4. The van der Waals surface area contributed by atoms with Crippen LogP contribution in [0.4, 0.5) is 0 Å². The van der Waals surface area contributed by atoms with Crippen LogP contribution in [-0.2, 0) is 0 Å². The fourth-order valence-electron chi connectivity index (χ4n) is 2.31. The summed E-state index contributed by atoms with van der Waals surface area (Å²) < 4.78 is 0. The molecule has 84 valence electrons. The lowest BCUT2D eigenvalue weighted by molar-refractivity contribution is 0.364. The SMILES string of the molecule is CCNCCCNC1CCC(C)(C)C1. The van der Waals surface area contributed by atoms with E-state index in [1.165, 1.54) is 32.2 Å². The number of rotatable bonds is 6. The topological polar surface area (TPSA) is 24.1 Å². The Morgan fingerprint density at radius 1 is 1.29 bits per heavy atom. The zero-order valence-corrected chi connectivity index (χ0v) is 10.0. The minimum absolute atomic E-state index is 0.583. The molecule has 1 aliphatic rings. The molecular weight excluding hydrogens is 172 g/mol. The highest BCUT2D eigenvalue weighted by molar-refractivity contribution is 4.86. The molecule has 0 saturated heterocycles. The van der Waals surface area contributed by atoms with Gasteiger partial charge in [0, 0.05) is 6.04 Å². The first-order valence-corrected chi connectivity index (χ1v) is 6.08. The highest BCUT2D eigenvalue weighted by Gasteiger charge is 2.30. The molecule has 0 aromatic carbocycles. The lowest BCUT2D eigenvalue weighted by Crippen LogP contribution is -2.30. The third-order valence-corrected chi connectivity index (χ3v) is 3.18. The van der Waals surface area contributed by atoms with Crippen LogP contribution in [0.5, 0.6) is 0 Å². The summed E-state index contributed by atoms with van der Waals surface area (Å²) in [5.41, 5.74) is 0.583. The second kappa shape index (κ2) is 5.72. The molecule has 0 heterocycles. The van der Waals surface area contributed by atoms with Crippen molar-refractivity contribution in [2.75, 3.05) is 19.6 Å². The van der Waals surface area contributed by atoms with E-state index in [2.05, 4.69) is 31.4 Å². The molecule has 0 amide bonds. The second-order valence-electron chi connectivity index (χ2n) is 5.27. The molecule has 2 N–H and O–H groups in total.